The molecule has 6 rings (SSSR count). The molecule has 0 heterocycles. The normalized spacial score (nSPS) is 14.5. The van der Waals surface area contributed by atoms with E-state index in [1.807, 2.05) is 0 Å². The van der Waals surface area contributed by atoms with Gasteiger partial charge in [0.15, 0.2) is 22.7 Å². The SMILES string of the molecule is COc1c(O)c2c(=O)cc3c(C(C)C(=O)CC(C)O)c(C(C)C(=O)CC(C)O)c4cc(O)c5c(=O)c(OC)c(OC)c6c(c1OC)c2c3c4c56. The number of carbonyl (C=O) groups excluding carboxylic acids is 2. The van der Waals surface area contributed by atoms with E-state index in [4.69, 9.17) is 18.9 Å². The number of fused-ring (bicyclic) bond motifs is 1. The Hall–Kier alpha value is -5.20. The van der Waals surface area contributed by atoms with E-state index in [-0.39, 0.29) is 85.1 Å². The number of benzene rings is 6. The van der Waals surface area contributed by atoms with Crippen molar-refractivity contribution in [3.63, 3.8) is 0 Å². The molecule has 0 spiro atoms. The van der Waals surface area contributed by atoms with Gasteiger partial charge in [-0.1, -0.05) is 13.8 Å². The van der Waals surface area contributed by atoms with Crippen LogP contribution in [-0.2, 0) is 9.59 Å². The Morgan fingerprint density at radius 3 is 1.44 bits per heavy atom. The second-order valence-corrected chi connectivity index (χ2v) is 13.0. The highest BCUT2D eigenvalue weighted by atomic mass is 16.5. The van der Waals surface area contributed by atoms with Crippen LogP contribution in [0.4, 0.5) is 0 Å². The average Bonchev–Trinajstić information content (AvgIpc) is 3.05. The molecule has 12 nitrogen and oxygen atoms in total. The molecule has 12 heteroatoms. The first-order chi connectivity index (χ1) is 23.7. The van der Waals surface area contributed by atoms with Crippen LogP contribution in [0.1, 0.15) is 63.5 Å². The second-order valence-electron chi connectivity index (χ2n) is 13.0. The number of aliphatic hydroxyl groups is 2. The first-order valence-corrected chi connectivity index (χ1v) is 16.1. The van der Waals surface area contributed by atoms with E-state index in [0.717, 1.165) is 0 Å². The summed E-state index contributed by atoms with van der Waals surface area (Å²) in [7, 11) is 5.24. The molecule has 0 saturated carbocycles. The van der Waals surface area contributed by atoms with Gasteiger partial charge in [-0.2, -0.15) is 0 Å². The summed E-state index contributed by atoms with van der Waals surface area (Å²) < 4.78 is 22.8. The fraction of sp³-hybridized carbons (Fsp3) is 0.368. The smallest absolute Gasteiger partial charge is 0.235 e. The van der Waals surface area contributed by atoms with Crippen molar-refractivity contribution in [3.8, 4) is 34.5 Å². The lowest BCUT2D eigenvalue weighted by Gasteiger charge is -2.29. The van der Waals surface area contributed by atoms with Crippen LogP contribution in [0.25, 0.3) is 53.9 Å². The summed E-state index contributed by atoms with van der Waals surface area (Å²) in [5, 5.41) is 45.5. The van der Waals surface area contributed by atoms with Crippen molar-refractivity contribution in [1.82, 2.24) is 0 Å². The van der Waals surface area contributed by atoms with E-state index in [1.165, 1.54) is 54.4 Å². The maximum Gasteiger partial charge on any atom is 0.235 e. The summed E-state index contributed by atoms with van der Waals surface area (Å²) in [5.41, 5.74) is -0.720. The van der Waals surface area contributed by atoms with Crippen molar-refractivity contribution in [3.05, 3.63) is 43.7 Å². The van der Waals surface area contributed by atoms with Crippen LogP contribution in [0.15, 0.2) is 21.7 Å². The van der Waals surface area contributed by atoms with Crippen LogP contribution in [0, 0.1) is 0 Å². The first-order valence-electron chi connectivity index (χ1n) is 16.1. The van der Waals surface area contributed by atoms with Gasteiger partial charge in [-0.05, 0) is 58.7 Å². The predicted octanol–water partition coefficient (Wildman–Crippen LogP) is 4.82. The number of rotatable bonds is 12. The quantitative estimate of drug-likeness (QED) is 0.102. The highest BCUT2D eigenvalue weighted by molar-refractivity contribution is 6.44. The largest absolute Gasteiger partial charge is 0.507 e. The van der Waals surface area contributed by atoms with Gasteiger partial charge in [-0.3, -0.25) is 19.2 Å². The summed E-state index contributed by atoms with van der Waals surface area (Å²) in [4.78, 5) is 55.9. The van der Waals surface area contributed by atoms with E-state index in [1.54, 1.807) is 13.8 Å². The van der Waals surface area contributed by atoms with Gasteiger partial charge in [0.1, 0.15) is 17.3 Å². The van der Waals surface area contributed by atoms with Crippen LogP contribution in [0.5, 0.6) is 34.5 Å². The molecule has 4 unspecified atom stereocenters. The van der Waals surface area contributed by atoms with Crippen molar-refractivity contribution >= 4 is 65.4 Å². The minimum Gasteiger partial charge on any atom is -0.507 e. The number of aromatic hydroxyl groups is 2. The molecule has 0 saturated heterocycles. The third-order valence-corrected chi connectivity index (χ3v) is 9.86. The van der Waals surface area contributed by atoms with Crippen LogP contribution in [0.3, 0.4) is 0 Å². The number of methoxy groups -OCH3 is 4. The summed E-state index contributed by atoms with van der Waals surface area (Å²) >= 11 is 0. The number of carbonyl (C=O) groups is 2. The first kappa shape index (κ1) is 34.7. The standard InChI is InChI=1S/C38H38O12/c1-13(39)9-19(41)15(3)23-17-11-21(43)27-29-25(17)26-18(24(23)16(4)20(42)10-14(2)40)12-22(44)28-30(26)32(36(48-6)38(50-8)34(28)46)31(29)35(47-5)37(49-7)33(27)45/h11-16,39-40,43,46H,9-10H2,1-8H3. The van der Waals surface area contributed by atoms with Crippen molar-refractivity contribution in [1.29, 1.82) is 0 Å². The molecule has 0 bridgehead atoms. The predicted molar refractivity (Wildman–Crippen MR) is 189 cm³/mol. The average molecular weight is 687 g/mol. The Morgan fingerprint density at radius 1 is 0.580 bits per heavy atom. The lowest BCUT2D eigenvalue weighted by Crippen LogP contribution is -2.22. The second kappa shape index (κ2) is 12.3. The molecule has 0 aliphatic heterocycles. The lowest BCUT2D eigenvalue weighted by atomic mass is 9.74. The van der Waals surface area contributed by atoms with E-state index in [0.29, 0.717) is 27.3 Å². The van der Waals surface area contributed by atoms with Gasteiger partial charge in [-0.15, -0.1) is 0 Å². The summed E-state index contributed by atoms with van der Waals surface area (Å²) in [6.45, 7) is 6.18. The number of hydrogen-bond donors (Lipinski definition) is 4. The van der Waals surface area contributed by atoms with Crippen molar-refractivity contribution in [2.24, 2.45) is 0 Å². The Morgan fingerprint density at radius 2 is 1.00 bits per heavy atom. The zero-order chi connectivity index (χ0) is 36.7. The number of Topliss-reactive ketones (excluding diaryl/α,β-unsaturated/α-hetero) is 2. The van der Waals surface area contributed by atoms with Gasteiger partial charge in [0.05, 0.1) is 51.4 Å². The van der Waals surface area contributed by atoms with Gasteiger partial charge in [0.2, 0.25) is 16.9 Å². The summed E-state index contributed by atoms with van der Waals surface area (Å²) in [6, 6.07) is 2.64. The van der Waals surface area contributed by atoms with Crippen molar-refractivity contribution in [2.45, 2.75) is 64.6 Å². The minimum absolute atomic E-state index is 0.00354. The number of hydrogen-bond acceptors (Lipinski definition) is 12. The van der Waals surface area contributed by atoms with Gasteiger partial charge in [0.25, 0.3) is 0 Å². The number of aliphatic hydroxyl groups excluding tert-OH is 2. The molecule has 262 valence electrons. The molecule has 0 amide bonds. The summed E-state index contributed by atoms with van der Waals surface area (Å²) in [6.07, 6.45) is -2.43. The van der Waals surface area contributed by atoms with Crippen molar-refractivity contribution in [2.75, 3.05) is 28.4 Å². The molecule has 0 aliphatic rings. The third kappa shape index (κ3) is 4.65. The number of phenolic OH excluding ortho intramolecular Hbond substituents is 2. The molecule has 0 aromatic heterocycles. The van der Waals surface area contributed by atoms with Crippen LogP contribution in [0.2, 0.25) is 0 Å². The van der Waals surface area contributed by atoms with Crippen LogP contribution >= 0.6 is 0 Å². The van der Waals surface area contributed by atoms with E-state index < -0.39 is 46.4 Å². The minimum atomic E-state index is -0.988. The molecule has 0 radical (unpaired) electrons. The molecule has 4 N–H and O–H groups in total. The molecular weight excluding hydrogens is 648 g/mol. The number of ether oxygens (including phenoxy) is 4. The monoisotopic (exact) mass is 686 g/mol. The third-order valence-electron chi connectivity index (χ3n) is 9.86. The van der Waals surface area contributed by atoms with E-state index in [2.05, 4.69) is 0 Å². The molecule has 0 aliphatic carbocycles. The molecule has 50 heavy (non-hydrogen) atoms. The lowest BCUT2D eigenvalue weighted by molar-refractivity contribution is -0.123. The Labute approximate surface area is 285 Å². The Balaban J connectivity index is 2.07. The highest BCUT2D eigenvalue weighted by Gasteiger charge is 2.37. The van der Waals surface area contributed by atoms with Gasteiger partial charge in [-0.25, -0.2) is 0 Å². The fourth-order valence-corrected chi connectivity index (χ4v) is 7.85. The van der Waals surface area contributed by atoms with Gasteiger partial charge < -0.3 is 39.4 Å². The highest BCUT2D eigenvalue weighted by Crippen LogP contribution is 2.58. The fourth-order valence-electron chi connectivity index (χ4n) is 7.85. The zero-order valence-corrected chi connectivity index (χ0v) is 28.9. The van der Waals surface area contributed by atoms with E-state index >= 15 is 0 Å². The number of ketones is 2. The Bertz CT molecular complexity index is 2440. The molecule has 6 aromatic carbocycles. The van der Waals surface area contributed by atoms with Gasteiger partial charge in [0, 0.05) is 46.2 Å². The van der Waals surface area contributed by atoms with Crippen LogP contribution in [-0.4, -0.2) is 72.6 Å². The van der Waals surface area contributed by atoms with Gasteiger partial charge >= 0.3 is 0 Å². The number of phenols is 2. The summed E-state index contributed by atoms with van der Waals surface area (Å²) in [5.74, 6) is -4.12. The Kier molecular flexibility index (Phi) is 8.52. The topological polar surface area (TPSA) is 186 Å². The van der Waals surface area contributed by atoms with Crippen LogP contribution < -0.4 is 29.8 Å². The maximum atomic E-state index is 14.3. The van der Waals surface area contributed by atoms with E-state index in [9.17, 15) is 39.6 Å². The van der Waals surface area contributed by atoms with Crippen molar-refractivity contribution < 1.29 is 49.0 Å². The molecule has 4 atom stereocenters. The zero-order valence-electron chi connectivity index (χ0n) is 28.9. The molecule has 6 aromatic rings. The molecule has 0 fully saturated rings. The maximum absolute atomic E-state index is 14.3. The molecular formula is C38H38O12.